The summed E-state index contributed by atoms with van der Waals surface area (Å²) in [6.07, 6.45) is 4.02. The lowest BCUT2D eigenvalue weighted by Crippen LogP contribution is -2.22. The Morgan fingerprint density at radius 1 is 1.46 bits per heavy atom. The van der Waals surface area contributed by atoms with Crippen molar-refractivity contribution in [2.45, 2.75) is 12.5 Å². The van der Waals surface area contributed by atoms with Crippen molar-refractivity contribution >= 4 is 11.6 Å². The van der Waals surface area contributed by atoms with Gasteiger partial charge in [0.1, 0.15) is 0 Å². The number of amides is 1. The molecular weight excluding hydrogens is 166 g/mol. The molecule has 68 valence electrons. The number of aromatic nitrogens is 1. The highest BCUT2D eigenvalue weighted by Crippen LogP contribution is 2.09. The first-order chi connectivity index (χ1) is 6.34. The van der Waals surface area contributed by atoms with E-state index in [4.69, 9.17) is 0 Å². The minimum atomic E-state index is 0.117. The summed E-state index contributed by atoms with van der Waals surface area (Å²) in [5.41, 5.74) is 1.01. The van der Waals surface area contributed by atoms with Gasteiger partial charge in [-0.05, 0) is 12.1 Å². The number of carbonyl (C=O) groups excluding carboxylic acids is 1. The molecule has 2 rings (SSSR count). The Labute approximate surface area is 76.4 Å². The van der Waals surface area contributed by atoms with Crippen LogP contribution in [0.4, 0.5) is 5.69 Å². The summed E-state index contributed by atoms with van der Waals surface area (Å²) in [7, 11) is 0. The van der Waals surface area contributed by atoms with Crippen molar-refractivity contribution in [2.24, 2.45) is 0 Å². The SMILES string of the molecule is O=C1CC(Nc2ccncc2)CN1. The Kier molecular flexibility index (Phi) is 2.12. The molecule has 13 heavy (non-hydrogen) atoms. The zero-order valence-corrected chi connectivity index (χ0v) is 7.16. The number of rotatable bonds is 2. The molecular formula is C9H11N3O. The van der Waals surface area contributed by atoms with Crippen molar-refractivity contribution in [1.29, 1.82) is 0 Å². The minimum Gasteiger partial charge on any atom is -0.380 e. The predicted molar refractivity (Wildman–Crippen MR) is 49.3 cm³/mol. The van der Waals surface area contributed by atoms with Crippen molar-refractivity contribution in [3.8, 4) is 0 Å². The van der Waals surface area contributed by atoms with Gasteiger partial charge in [0.25, 0.3) is 0 Å². The number of hydrogen-bond acceptors (Lipinski definition) is 3. The molecule has 1 aliphatic rings. The molecule has 2 heterocycles. The van der Waals surface area contributed by atoms with Crippen molar-refractivity contribution in [2.75, 3.05) is 11.9 Å². The van der Waals surface area contributed by atoms with Crippen molar-refractivity contribution in [3.05, 3.63) is 24.5 Å². The lowest BCUT2D eigenvalue weighted by Gasteiger charge is -2.10. The maximum absolute atomic E-state index is 10.9. The Morgan fingerprint density at radius 2 is 2.23 bits per heavy atom. The van der Waals surface area contributed by atoms with Gasteiger partial charge in [-0.1, -0.05) is 0 Å². The summed E-state index contributed by atoms with van der Waals surface area (Å²) >= 11 is 0. The highest BCUT2D eigenvalue weighted by Gasteiger charge is 2.20. The van der Waals surface area contributed by atoms with Crippen LogP contribution < -0.4 is 10.6 Å². The van der Waals surface area contributed by atoms with Crippen LogP contribution in [0.15, 0.2) is 24.5 Å². The molecule has 4 heteroatoms. The van der Waals surface area contributed by atoms with Gasteiger partial charge in [-0.3, -0.25) is 9.78 Å². The molecule has 0 saturated carbocycles. The lowest BCUT2D eigenvalue weighted by atomic mass is 10.2. The zero-order valence-electron chi connectivity index (χ0n) is 7.16. The summed E-state index contributed by atoms with van der Waals surface area (Å²) in [5.74, 6) is 0.117. The Bertz CT molecular complexity index is 299. The van der Waals surface area contributed by atoms with Crippen LogP contribution in [0.2, 0.25) is 0 Å². The molecule has 4 nitrogen and oxygen atoms in total. The first-order valence-electron chi connectivity index (χ1n) is 4.28. The summed E-state index contributed by atoms with van der Waals surface area (Å²) in [4.78, 5) is 14.8. The van der Waals surface area contributed by atoms with Crippen LogP contribution >= 0.6 is 0 Å². The number of hydrogen-bond donors (Lipinski definition) is 2. The summed E-state index contributed by atoms with van der Waals surface area (Å²) < 4.78 is 0. The molecule has 1 aromatic rings. The molecule has 1 atom stereocenters. The van der Waals surface area contributed by atoms with E-state index in [9.17, 15) is 4.79 Å². The van der Waals surface area contributed by atoms with E-state index in [1.165, 1.54) is 0 Å². The molecule has 1 fully saturated rings. The van der Waals surface area contributed by atoms with Gasteiger partial charge >= 0.3 is 0 Å². The van der Waals surface area contributed by atoms with E-state index in [-0.39, 0.29) is 11.9 Å². The molecule has 0 bridgehead atoms. The van der Waals surface area contributed by atoms with E-state index in [0.29, 0.717) is 13.0 Å². The molecule has 0 radical (unpaired) electrons. The van der Waals surface area contributed by atoms with E-state index in [1.54, 1.807) is 12.4 Å². The van der Waals surface area contributed by atoms with Gasteiger partial charge in [0.15, 0.2) is 0 Å². The van der Waals surface area contributed by atoms with Gasteiger partial charge in [-0.25, -0.2) is 0 Å². The molecule has 0 aromatic carbocycles. The average molecular weight is 177 g/mol. The van der Waals surface area contributed by atoms with Crippen LogP contribution in [-0.4, -0.2) is 23.5 Å². The van der Waals surface area contributed by atoms with Gasteiger partial charge in [-0.2, -0.15) is 0 Å². The molecule has 1 aliphatic heterocycles. The number of carbonyl (C=O) groups is 1. The van der Waals surface area contributed by atoms with E-state index >= 15 is 0 Å². The molecule has 1 unspecified atom stereocenters. The Morgan fingerprint density at radius 3 is 2.85 bits per heavy atom. The van der Waals surface area contributed by atoms with E-state index in [2.05, 4.69) is 15.6 Å². The molecule has 0 aliphatic carbocycles. The van der Waals surface area contributed by atoms with Gasteiger partial charge in [-0.15, -0.1) is 0 Å². The second-order valence-electron chi connectivity index (χ2n) is 3.09. The van der Waals surface area contributed by atoms with Gasteiger partial charge < -0.3 is 10.6 Å². The topological polar surface area (TPSA) is 54.0 Å². The summed E-state index contributed by atoms with van der Waals surface area (Å²) in [5, 5.41) is 6.02. The smallest absolute Gasteiger partial charge is 0.222 e. The molecule has 0 spiro atoms. The van der Waals surface area contributed by atoms with E-state index in [0.717, 1.165) is 5.69 Å². The summed E-state index contributed by atoms with van der Waals surface area (Å²) in [6.45, 7) is 0.709. The Hall–Kier alpha value is -1.58. The number of nitrogens with one attached hydrogen (secondary N) is 2. The van der Waals surface area contributed by atoms with Crippen molar-refractivity contribution < 1.29 is 4.79 Å². The fourth-order valence-electron chi connectivity index (χ4n) is 1.39. The van der Waals surface area contributed by atoms with Crippen LogP contribution in [0, 0.1) is 0 Å². The van der Waals surface area contributed by atoms with Crippen LogP contribution in [0.3, 0.4) is 0 Å². The second-order valence-corrected chi connectivity index (χ2v) is 3.09. The maximum atomic E-state index is 10.9. The number of nitrogens with zero attached hydrogens (tertiary/aromatic N) is 1. The van der Waals surface area contributed by atoms with Gasteiger partial charge in [0.2, 0.25) is 5.91 Å². The van der Waals surface area contributed by atoms with Crippen LogP contribution in [0.5, 0.6) is 0 Å². The second kappa shape index (κ2) is 3.43. The average Bonchev–Trinajstić information content (AvgIpc) is 2.53. The fraction of sp³-hybridized carbons (Fsp3) is 0.333. The molecule has 1 aromatic heterocycles. The third-order valence-electron chi connectivity index (χ3n) is 2.03. The molecule has 1 saturated heterocycles. The normalized spacial score (nSPS) is 21.2. The lowest BCUT2D eigenvalue weighted by molar-refractivity contribution is -0.119. The third kappa shape index (κ3) is 1.96. The largest absolute Gasteiger partial charge is 0.380 e. The highest BCUT2D eigenvalue weighted by molar-refractivity contribution is 5.79. The Balaban J connectivity index is 1.96. The fourth-order valence-corrected chi connectivity index (χ4v) is 1.39. The first kappa shape index (κ1) is 8.04. The van der Waals surface area contributed by atoms with Gasteiger partial charge in [0, 0.05) is 31.0 Å². The number of pyridine rings is 1. The van der Waals surface area contributed by atoms with Crippen molar-refractivity contribution in [1.82, 2.24) is 10.3 Å². The van der Waals surface area contributed by atoms with Gasteiger partial charge in [0.05, 0.1) is 6.04 Å². The van der Waals surface area contributed by atoms with Crippen LogP contribution in [0.25, 0.3) is 0 Å². The van der Waals surface area contributed by atoms with Crippen LogP contribution in [0.1, 0.15) is 6.42 Å². The van der Waals surface area contributed by atoms with E-state index in [1.807, 2.05) is 12.1 Å². The quantitative estimate of drug-likeness (QED) is 0.686. The third-order valence-corrected chi connectivity index (χ3v) is 2.03. The summed E-state index contributed by atoms with van der Waals surface area (Å²) in [6, 6.07) is 4.00. The first-order valence-corrected chi connectivity index (χ1v) is 4.28. The maximum Gasteiger partial charge on any atom is 0.222 e. The predicted octanol–water partition coefficient (Wildman–Crippen LogP) is 0.382. The zero-order chi connectivity index (χ0) is 9.10. The monoisotopic (exact) mass is 177 g/mol. The minimum absolute atomic E-state index is 0.117. The molecule has 2 N–H and O–H groups in total. The standard InChI is InChI=1S/C9H11N3O/c13-9-5-8(6-11-9)12-7-1-3-10-4-2-7/h1-4,8H,5-6H2,(H,10,12)(H,11,13). The van der Waals surface area contributed by atoms with E-state index < -0.39 is 0 Å². The van der Waals surface area contributed by atoms with Crippen LogP contribution in [-0.2, 0) is 4.79 Å². The van der Waals surface area contributed by atoms with Crippen molar-refractivity contribution in [3.63, 3.8) is 0 Å². The molecule has 1 amide bonds. The highest BCUT2D eigenvalue weighted by atomic mass is 16.1. The number of anilines is 1.